The highest BCUT2D eigenvalue weighted by atomic mass is 19.4. The van der Waals surface area contributed by atoms with Gasteiger partial charge >= 0.3 is 6.18 Å². The number of aryl methyl sites for hydroxylation is 1. The normalized spacial score (nSPS) is 11.5. The van der Waals surface area contributed by atoms with Gasteiger partial charge in [0.1, 0.15) is 11.3 Å². The summed E-state index contributed by atoms with van der Waals surface area (Å²) >= 11 is 0. The standard InChI is InChI=1S/C13H13F3N4O2/c1-19(6-8-5-17-20(2)7-8)12(22)9-3-4-10(13(14,15)16)18-11(9)21/h3-5,7H,6H2,1-2H3,(H,18,21). The van der Waals surface area contributed by atoms with Gasteiger partial charge in [-0.3, -0.25) is 14.3 Å². The molecule has 0 aliphatic carbocycles. The smallest absolute Gasteiger partial charge is 0.337 e. The molecular formula is C13H13F3N4O2. The Morgan fingerprint density at radius 1 is 1.41 bits per heavy atom. The first kappa shape index (κ1) is 15.8. The topological polar surface area (TPSA) is 71.0 Å². The number of nitrogens with zero attached hydrogens (tertiary/aromatic N) is 3. The number of hydrogen-bond acceptors (Lipinski definition) is 3. The van der Waals surface area contributed by atoms with Crippen LogP contribution in [0.5, 0.6) is 0 Å². The van der Waals surface area contributed by atoms with E-state index in [1.807, 2.05) is 0 Å². The van der Waals surface area contributed by atoms with Crippen LogP contribution in [0.4, 0.5) is 13.2 Å². The molecule has 0 saturated heterocycles. The summed E-state index contributed by atoms with van der Waals surface area (Å²) in [6, 6.07) is 1.55. The Morgan fingerprint density at radius 2 is 2.09 bits per heavy atom. The average molecular weight is 314 g/mol. The number of aromatic nitrogens is 3. The zero-order chi connectivity index (χ0) is 16.5. The molecule has 0 fully saturated rings. The Morgan fingerprint density at radius 3 is 2.59 bits per heavy atom. The highest BCUT2D eigenvalue weighted by Gasteiger charge is 2.32. The third kappa shape index (κ3) is 3.35. The summed E-state index contributed by atoms with van der Waals surface area (Å²) in [4.78, 5) is 26.7. The molecule has 0 aliphatic rings. The number of amides is 1. The molecule has 0 radical (unpaired) electrons. The molecule has 2 rings (SSSR count). The van der Waals surface area contributed by atoms with Crippen LogP contribution in [-0.4, -0.2) is 32.6 Å². The van der Waals surface area contributed by atoms with Gasteiger partial charge in [-0.05, 0) is 12.1 Å². The number of H-pyrrole nitrogens is 1. The summed E-state index contributed by atoms with van der Waals surface area (Å²) in [7, 11) is 3.17. The van der Waals surface area contributed by atoms with Crippen molar-refractivity contribution in [3.8, 4) is 0 Å². The van der Waals surface area contributed by atoms with Crippen molar-refractivity contribution in [1.82, 2.24) is 19.7 Å². The van der Waals surface area contributed by atoms with E-state index in [4.69, 9.17) is 0 Å². The van der Waals surface area contributed by atoms with Crippen LogP contribution in [0.2, 0.25) is 0 Å². The van der Waals surface area contributed by atoms with Crippen LogP contribution in [0.25, 0.3) is 0 Å². The number of carbonyl (C=O) groups excluding carboxylic acids is 1. The monoisotopic (exact) mass is 314 g/mol. The molecule has 2 aromatic heterocycles. The van der Waals surface area contributed by atoms with Crippen LogP contribution in [0.3, 0.4) is 0 Å². The Kier molecular flexibility index (Phi) is 4.07. The fraction of sp³-hybridized carbons (Fsp3) is 0.308. The first-order valence-electron chi connectivity index (χ1n) is 6.22. The molecule has 0 aliphatic heterocycles. The van der Waals surface area contributed by atoms with Crippen molar-refractivity contribution in [2.75, 3.05) is 7.05 Å². The van der Waals surface area contributed by atoms with Crippen LogP contribution in [0, 0.1) is 0 Å². The summed E-state index contributed by atoms with van der Waals surface area (Å²) in [6.07, 6.45) is -1.41. The summed E-state index contributed by atoms with van der Waals surface area (Å²) in [5.74, 6) is -0.668. The molecule has 0 aromatic carbocycles. The van der Waals surface area contributed by atoms with Gasteiger partial charge in [0.05, 0.1) is 6.20 Å². The van der Waals surface area contributed by atoms with Gasteiger partial charge < -0.3 is 9.88 Å². The second kappa shape index (κ2) is 5.66. The molecular weight excluding hydrogens is 301 g/mol. The van der Waals surface area contributed by atoms with Crippen LogP contribution in [0.1, 0.15) is 21.6 Å². The lowest BCUT2D eigenvalue weighted by Crippen LogP contribution is -2.32. The van der Waals surface area contributed by atoms with Gasteiger partial charge in [0.15, 0.2) is 0 Å². The summed E-state index contributed by atoms with van der Waals surface area (Å²) in [5, 5.41) is 3.94. The van der Waals surface area contributed by atoms with Gasteiger partial charge in [-0.1, -0.05) is 0 Å². The quantitative estimate of drug-likeness (QED) is 0.931. The predicted molar refractivity (Wildman–Crippen MR) is 71.1 cm³/mol. The minimum Gasteiger partial charge on any atom is -0.337 e. The zero-order valence-electron chi connectivity index (χ0n) is 11.8. The van der Waals surface area contributed by atoms with Crippen LogP contribution < -0.4 is 5.56 Å². The third-order valence-corrected chi connectivity index (χ3v) is 2.97. The number of aromatic amines is 1. The number of alkyl halides is 3. The fourth-order valence-corrected chi connectivity index (χ4v) is 1.91. The molecule has 9 heteroatoms. The van der Waals surface area contributed by atoms with Gasteiger partial charge in [-0.15, -0.1) is 0 Å². The summed E-state index contributed by atoms with van der Waals surface area (Å²) in [6.45, 7) is 0.188. The maximum atomic E-state index is 12.5. The zero-order valence-corrected chi connectivity index (χ0v) is 11.8. The van der Waals surface area contributed by atoms with E-state index in [1.165, 1.54) is 11.9 Å². The Balaban J connectivity index is 2.20. The molecule has 118 valence electrons. The van der Waals surface area contributed by atoms with Crippen molar-refractivity contribution in [3.05, 3.63) is 51.7 Å². The molecule has 0 spiro atoms. The summed E-state index contributed by atoms with van der Waals surface area (Å²) < 4.78 is 39.0. The largest absolute Gasteiger partial charge is 0.431 e. The Bertz CT molecular complexity index is 748. The first-order valence-corrected chi connectivity index (χ1v) is 6.22. The maximum Gasteiger partial charge on any atom is 0.431 e. The number of hydrogen-bond donors (Lipinski definition) is 1. The van der Waals surface area contributed by atoms with Gasteiger partial charge in [-0.2, -0.15) is 18.3 Å². The van der Waals surface area contributed by atoms with Gasteiger partial charge in [0.2, 0.25) is 0 Å². The van der Waals surface area contributed by atoms with Gasteiger partial charge in [0.25, 0.3) is 11.5 Å². The SMILES string of the molecule is CN(Cc1cnn(C)c1)C(=O)c1ccc(C(F)(F)F)[nH]c1=O. The minimum absolute atomic E-state index is 0.188. The van der Waals surface area contributed by atoms with E-state index in [0.29, 0.717) is 6.07 Å². The summed E-state index contributed by atoms with van der Waals surface area (Å²) in [5.41, 5.74) is -1.87. The predicted octanol–water partition coefficient (Wildman–Crippen LogP) is 1.40. The van der Waals surface area contributed by atoms with Crippen molar-refractivity contribution in [1.29, 1.82) is 0 Å². The van der Waals surface area contributed by atoms with E-state index in [2.05, 4.69) is 5.10 Å². The minimum atomic E-state index is -4.66. The van der Waals surface area contributed by atoms with E-state index < -0.39 is 23.3 Å². The molecule has 1 amide bonds. The first-order chi connectivity index (χ1) is 10.2. The van der Waals surface area contributed by atoms with E-state index in [0.717, 1.165) is 11.6 Å². The van der Waals surface area contributed by atoms with Gasteiger partial charge in [0, 0.05) is 32.4 Å². The van der Waals surface area contributed by atoms with Crippen molar-refractivity contribution >= 4 is 5.91 Å². The lowest BCUT2D eigenvalue weighted by Gasteiger charge is -2.16. The molecule has 6 nitrogen and oxygen atoms in total. The highest BCUT2D eigenvalue weighted by Crippen LogP contribution is 2.26. The molecule has 2 heterocycles. The average Bonchev–Trinajstić information content (AvgIpc) is 2.82. The molecule has 1 N–H and O–H groups in total. The van der Waals surface area contributed by atoms with E-state index in [9.17, 15) is 22.8 Å². The van der Waals surface area contributed by atoms with Crippen molar-refractivity contribution in [3.63, 3.8) is 0 Å². The van der Waals surface area contributed by atoms with Gasteiger partial charge in [-0.25, -0.2) is 0 Å². The fourth-order valence-electron chi connectivity index (χ4n) is 1.91. The second-order valence-electron chi connectivity index (χ2n) is 4.80. The lowest BCUT2D eigenvalue weighted by molar-refractivity contribution is -0.141. The highest BCUT2D eigenvalue weighted by molar-refractivity contribution is 5.93. The van der Waals surface area contributed by atoms with E-state index in [-0.39, 0.29) is 12.1 Å². The Labute approximate surface area is 123 Å². The number of rotatable bonds is 3. The van der Waals surface area contributed by atoms with Crippen LogP contribution >= 0.6 is 0 Å². The van der Waals surface area contributed by atoms with Crippen LogP contribution in [-0.2, 0) is 19.8 Å². The van der Waals surface area contributed by atoms with E-state index >= 15 is 0 Å². The molecule has 0 saturated carbocycles. The molecule has 0 bridgehead atoms. The number of nitrogens with one attached hydrogen (secondary N) is 1. The van der Waals surface area contributed by atoms with Crippen molar-refractivity contribution < 1.29 is 18.0 Å². The molecule has 0 unspecified atom stereocenters. The lowest BCUT2D eigenvalue weighted by atomic mass is 10.2. The Hall–Kier alpha value is -2.58. The number of pyridine rings is 1. The van der Waals surface area contributed by atoms with Crippen LogP contribution in [0.15, 0.2) is 29.3 Å². The van der Waals surface area contributed by atoms with Crippen molar-refractivity contribution in [2.45, 2.75) is 12.7 Å². The molecule has 2 aromatic rings. The second-order valence-corrected chi connectivity index (χ2v) is 4.80. The number of halogens is 3. The van der Waals surface area contributed by atoms with Crippen molar-refractivity contribution in [2.24, 2.45) is 7.05 Å². The molecule has 22 heavy (non-hydrogen) atoms. The van der Waals surface area contributed by atoms with E-state index in [1.54, 1.807) is 29.1 Å². The third-order valence-electron chi connectivity index (χ3n) is 2.97. The molecule has 0 atom stereocenters. The maximum absolute atomic E-state index is 12.5. The number of carbonyl (C=O) groups is 1.